The Morgan fingerprint density at radius 1 is 0.906 bits per heavy atom. The highest BCUT2D eigenvalue weighted by molar-refractivity contribution is 5.94. The third kappa shape index (κ3) is 6.34. The number of phenols is 1. The fourth-order valence-electron chi connectivity index (χ4n) is 4.08. The second-order valence-electron chi connectivity index (χ2n) is 8.37. The first kappa shape index (κ1) is 21.9. The molecule has 1 saturated heterocycles. The Labute approximate surface area is 189 Å². The van der Waals surface area contributed by atoms with Gasteiger partial charge in [0.15, 0.2) is 0 Å². The van der Waals surface area contributed by atoms with Crippen LogP contribution in [0.3, 0.4) is 0 Å². The molecule has 2 N–H and O–H groups in total. The highest BCUT2D eigenvalue weighted by Crippen LogP contribution is 2.23. The molecule has 1 aliphatic heterocycles. The van der Waals surface area contributed by atoms with E-state index in [0.717, 1.165) is 44.6 Å². The molecule has 0 unspecified atom stereocenters. The van der Waals surface area contributed by atoms with Gasteiger partial charge in [-0.3, -0.25) is 9.69 Å². The largest absolute Gasteiger partial charge is 0.508 e. The molecule has 0 radical (unpaired) electrons. The lowest BCUT2D eigenvalue weighted by Gasteiger charge is -2.32. The predicted octanol–water partition coefficient (Wildman–Crippen LogP) is 5.22. The van der Waals surface area contributed by atoms with Gasteiger partial charge in [-0.15, -0.1) is 0 Å². The van der Waals surface area contributed by atoms with Crippen LogP contribution in [-0.4, -0.2) is 35.5 Å². The second kappa shape index (κ2) is 10.8. The topological polar surface area (TPSA) is 61.8 Å². The predicted molar refractivity (Wildman–Crippen MR) is 126 cm³/mol. The van der Waals surface area contributed by atoms with E-state index in [4.69, 9.17) is 4.74 Å². The average Bonchev–Trinajstić information content (AvgIpc) is 2.83. The quantitative estimate of drug-likeness (QED) is 0.515. The minimum absolute atomic E-state index is 0.0407. The van der Waals surface area contributed by atoms with Crippen molar-refractivity contribution in [1.82, 2.24) is 10.2 Å². The molecule has 1 fully saturated rings. The van der Waals surface area contributed by atoms with Crippen LogP contribution in [0.2, 0.25) is 0 Å². The second-order valence-corrected chi connectivity index (χ2v) is 8.37. The van der Waals surface area contributed by atoms with E-state index in [9.17, 15) is 9.90 Å². The first-order valence-corrected chi connectivity index (χ1v) is 11.3. The Hall–Kier alpha value is -3.31. The van der Waals surface area contributed by atoms with Gasteiger partial charge in [-0.2, -0.15) is 0 Å². The minimum atomic E-state index is -0.0407. The van der Waals surface area contributed by atoms with Crippen LogP contribution >= 0.6 is 0 Å². The third-order valence-electron chi connectivity index (χ3n) is 5.98. The molecule has 1 aliphatic rings. The Balaban J connectivity index is 1.15. The lowest BCUT2D eigenvalue weighted by molar-refractivity contribution is 0.0947. The molecule has 0 saturated carbocycles. The molecule has 0 aromatic heterocycles. The molecule has 0 spiro atoms. The number of aromatic hydroxyl groups is 1. The number of carbonyl (C=O) groups excluding carboxylic acids is 1. The first-order chi connectivity index (χ1) is 15.7. The number of ether oxygens (including phenoxy) is 1. The number of hydrogen-bond donors (Lipinski definition) is 2. The number of rotatable bonds is 8. The number of hydrogen-bond acceptors (Lipinski definition) is 4. The molecule has 4 rings (SSSR count). The Kier molecular flexibility index (Phi) is 7.41. The summed E-state index contributed by atoms with van der Waals surface area (Å²) in [5.41, 5.74) is 1.88. The third-order valence-corrected chi connectivity index (χ3v) is 5.98. The number of nitrogens with zero attached hydrogens (tertiary/aromatic N) is 1. The summed E-state index contributed by atoms with van der Waals surface area (Å²) in [5, 5.41) is 12.5. The summed E-state index contributed by atoms with van der Waals surface area (Å²) in [6, 6.07) is 24.3. The van der Waals surface area contributed by atoms with Gasteiger partial charge in [-0.25, -0.2) is 0 Å². The smallest absolute Gasteiger partial charge is 0.251 e. The molecule has 0 bridgehead atoms. The molecule has 1 heterocycles. The van der Waals surface area contributed by atoms with Gasteiger partial charge in [-0.05, 0) is 92.4 Å². The highest BCUT2D eigenvalue weighted by atomic mass is 16.5. The van der Waals surface area contributed by atoms with Gasteiger partial charge in [-0.1, -0.05) is 30.3 Å². The zero-order valence-electron chi connectivity index (χ0n) is 18.2. The molecule has 166 valence electrons. The maximum absolute atomic E-state index is 12.5. The van der Waals surface area contributed by atoms with E-state index in [-0.39, 0.29) is 5.91 Å². The van der Waals surface area contributed by atoms with E-state index in [0.29, 0.717) is 29.5 Å². The van der Waals surface area contributed by atoms with Gasteiger partial charge >= 0.3 is 0 Å². The van der Waals surface area contributed by atoms with E-state index in [1.807, 2.05) is 54.6 Å². The molecular formula is C27H30N2O3. The zero-order valence-corrected chi connectivity index (χ0v) is 18.2. The number of amides is 1. The molecule has 5 heteroatoms. The fraction of sp³-hybridized carbons (Fsp3) is 0.296. The van der Waals surface area contributed by atoms with Gasteiger partial charge in [0.2, 0.25) is 0 Å². The van der Waals surface area contributed by atoms with Crippen molar-refractivity contribution in [1.29, 1.82) is 0 Å². The van der Waals surface area contributed by atoms with E-state index in [1.54, 1.807) is 24.3 Å². The van der Waals surface area contributed by atoms with E-state index >= 15 is 0 Å². The van der Waals surface area contributed by atoms with E-state index < -0.39 is 0 Å². The van der Waals surface area contributed by atoms with Crippen LogP contribution in [0.25, 0.3) is 0 Å². The SMILES string of the molecule is O=C(NCCC1CCN(Cc2ccc(O)cc2)CC1)c1ccc(Oc2ccccc2)cc1. The summed E-state index contributed by atoms with van der Waals surface area (Å²) in [6.07, 6.45) is 3.31. The molecule has 0 aliphatic carbocycles. The van der Waals surface area contributed by atoms with Crippen LogP contribution in [0, 0.1) is 5.92 Å². The summed E-state index contributed by atoms with van der Waals surface area (Å²) in [7, 11) is 0. The Morgan fingerprint density at radius 2 is 1.56 bits per heavy atom. The highest BCUT2D eigenvalue weighted by Gasteiger charge is 2.19. The van der Waals surface area contributed by atoms with Crippen molar-refractivity contribution in [2.75, 3.05) is 19.6 Å². The fourth-order valence-corrected chi connectivity index (χ4v) is 4.08. The van der Waals surface area contributed by atoms with Crippen molar-refractivity contribution in [2.45, 2.75) is 25.8 Å². The van der Waals surface area contributed by atoms with Crippen molar-refractivity contribution in [3.63, 3.8) is 0 Å². The molecule has 32 heavy (non-hydrogen) atoms. The first-order valence-electron chi connectivity index (χ1n) is 11.3. The summed E-state index contributed by atoms with van der Waals surface area (Å²) >= 11 is 0. The Bertz CT molecular complexity index is 980. The van der Waals surface area contributed by atoms with Crippen LogP contribution in [0.5, 0.6) is 17.2 Å². The normalized spacial score (nSPS) is 14.8. The molecule has 3 aromatic rings. The molecule has 3 aromatic carbocycles. The maximum Gasteiger partial charge on any atom is 0.251 e. The number of benzene rings is 3. The average molecular weight is 431 g/mol. The van der Waals surface area contributed by atoms with Crippen molar-refractivity contribution < 1.29 is 14.6 Å². The van der Waals surface area contributed by atoms with Crippen molar-refractivity contribution in [3.05, 3.63) is 90.0 Å². The minimum Gasteiger partial charge on any atom is -0.508 e. The van der Waals surface area contributed by atoms with Crippen LogP contribution < -0.4 is 10.1 Å². The maximum atomic E-state index is 12.5. The number of phenolic OH excluding ortho intramolecular Hbond substituents is 1. The lowest BCUT2D eigenvalue weighted by Crippen LogP contribution is -2.34. The van der Waals surface area contributed by atoms with Gasteiger partial charge < -0.3 is 15.2 Å². The molecular weight excluding hydrogens is 400 g/mol. The number of likely N-dealkylation sites (tertiary alicyclic amines) is 1. The van der Waals surface area contributed by atoms with Gasteiger partial charge in [0.1, 0.15) is 17.2 Å². The van der Waals surface area contributed by atoms with E-state index in [1.165, 1.54) is 5.56 Å². The van der Waals surface area contributed by atoms with Crippen molar-refractivity contribution >= 4 is 5.91 Å². The van der Waals surface area contributed by atoms with Crippen LogP contribution in [0.4, 0.5) is 0 Å². The van der Waals surface area contributed by atoms with Gasteiger partial charge in [0, 0.05) is 18.7 Å². The molecule has 1 amide bonds. The van der Waals surface area contributed by atoms with Gasteiger partial charge in [0.05, 0.1) is 0 Å². The molecule has 5 nitrogen and oxygen atoms in total. The monoisotopic (exact) mass is 430 g/mol. The van der Waals surface area contributed by atoms with Gasteiger partial charge in [0.25, 0.3) is 5.91 Å². The number of nitrogens with one attached hydrogen (secondary N) is 1. The van der Waals surface area contributed by atoms with Crippen molar-refractivity contribution in [2.24, 2.45) is 5.92 Å². The number of piperidine rings is 1. The standard InChI is InChI=1S/C27H30N2O3/c30-24-10-6-22(7-11-24)20-29-18-15-21(16-19-29)14-17-28-27(31)23-8-12-26(13-9-23)32-25-4-2-1-3-5-25/h1-13,21,30H,14-20H2,(H,28,31). The Morgan fingerprint density at radius 3 is 2.25 bits per heavy atom. The summed E-state index contributed by atoms with van der Waals surface area (Å²) in [4.78, 5) is 14.9. The van der Waals surface area contributed by atoms with Crippen LogP contribution in [0.15, 0.2) is 78.9 Å². The molecule has 0 atom stereocenters. The number of carbonyl (C=O) groups is 1. The zero-order chi connectivity index (χ0) is 22.2. The lowest BCUT2D eigenvalue weighted by atomic mass is 9.93. The van der Waals surface area contributed by atoms with Crippen LogP contribution in [-0.2, 0) is 6.54 Å². The van der Waals surface area contributed by atoms with Crippen LogP contribution in [0.1, 0.15) is 35.2 Å². The summed E-state index contributed by atoms with van der Waals surface area (Å²) in [6.45, 7) is 3.77. The summed E-state index contributed by atoms with van der Waals surface area (Å²) < 4.78 is 5.78. The number of para-hydroxylation sites is 1. The summed E-state index contributed by atoms with van der Waals surface area (Å²) in [5.74, 6) is 2.41. The van der Waals surface area contributed by atoms with Crippen molar-refractivity contribution in [3.8, 4) is 17.2 Å². The van der Waals surface area contributed by atoms with E-state index in [2.05, 4.69) is 10.2 Å².